The third-order valence-electron chi connectivity index (χ3n) is 5.08. The van der Waals surface area contributed by atoms with Gasteiger partial charge in [-0.25, -0.2) is 0 Å². The average molecular weight is 449 g/mol. The number of anilines is 1. The van der Waals surface area contributed by atoms with Crippen LogP contribution < -0.4 is 20.1 Å². The van der Waals surface area contributed by atoms with Crippen LogP contribution in [0.5, 0.6) is 11.8 Å². The van der Waals surface area contributed by atoms with Crippen LogP contribution in [0.4, 0.5) is 14.5 Å². The van der Waals surface area contributed by atoms with Crippen molar-refractivity contribution >= 4 is 17.5 Å². The van der Waals surface area contributed by atoms with Crippen LogP contribution >= 0.6 is 0 Å². The fraction of sp³-hybridized carbons (Fsp3) is 0.435. The molecule has 1 aliphatic rings. The Balaban J connectivity index is 0.00000176. The molecule has 174 valence electrons. The Morgan fingerprint density at radius 3 is 2.44 bits per heavy atom. The molecule has 1 aromatic carbocycles. The summed E-state index contributed by atoms with van der Waals surface area (Å²) in [6.07, 6.45) is -0.0583. The van der Waals surface area contributed by atoms with E-state index in [2.05, 4.69) is 20.4 Å². The van der Waals surface area contributed by atoms with Gasteiger partial charge in [-0.3, -0.25) is 9.59 Å². The van der Waals surface area contributed by atoms with Gasteiger partial charge in [0.2, 0.25) is 23.6 Å². The summed E-state index contributed by atoms with van der Waals surface area (Å²) in [6, 6.07) is 10.2. The lowest BCUT2D eigenvalue weighted by Crippen LogP contribution is -2.43. The van der Waals surface area contributed by atoms with Gasteiger partial charge >= 0.3 is 6.61 Å². The predicted octanol–water partition coefficient (Wildman–Crippen LogP) is 4.24. The molecule has 2 aromatic rings. The zero-order valence-electron chi connectivity index (χ0n) is 18.9. The maximum Gasteiger partial charge on any atom is 0.388 e. The summed E-state index contributed by atoms with van der Waals surface area (Å²) >= 11 is 0. The number of methoxy groups -OCH3 is 1. The van der Waals surface area contributed by atoms with Gasteiger partial charge in [-0.15, -0.1) is 0 Å². The van der Waals surface area contributed by atoms with Crippen molar-refractivity contribution in [1.29, 1.82) is 0 Å². The Morgan fingerprint density at radius 2 is 1.88 bits per heavy atom. The Morgan fingerprint density at radius 1 is 1.19 bits per heavy atom. The molecule has 2 N–H and O–H groups in total. The summed E-state index contributed by atoms with van der Waals surface area (Å²) in [5.74, 6) is -1.08. The molecule has 0 saturated carbocycles. The Bertz CT molecular complexity index is 953. The standard InChI is InChI=1S/C21H23F2N3O4.C2H6/c1-12(2)13-6-4-5-7-14(13)21(10-16(27)24-11-21)19(28)25-15-8-9-17(29-3)26-18(15)30-20(22)23;1-2/h4-9,12,20H,10-11H2,1-3H3,(H,24,27)(H,25,28);1-2H3. The van der Waals surface area contributed by atoms with E-state index >= 15 is 0 Å². The number of rotatable bonds is 7. The average Bonchev–Trinajstić information content (AvgIpc) is 3.18. The molecule has 1 atom stereocenters. The zero-order chi connectivity index (χ0) is 23.9. The molecule has 0 aliphatic carbocycles. The lowest BCUT2D eigenvalue weighted by Gasteiger charge is -2.30. The highest BCUT2D eigenvalue weighted by atomic mass is 19.3. The number of alkyl halides is 2. The number of halogens is 2. The fourth-order valence-corrected chi connectivity index (χ4v) is 3.61. The molecule has 1 aliphatic heterocycles. The minimum atomic E-state index is -3.13. The van der Waals surface area contributed by atoms with Crippen molar-refractivity contribution in [2.24, 2.45) is 0 Å². The predicted molar refractivity (Wildman–Crippen MR) is 117 cm³/mol. The van der Waals surface area contributed by atoms with E-state index in [0.717, 1.165) is 5.56 Å². The van der Waals surface area contributed by atoms with Gasteiger partial charge in [-0.05, 0) is 23.1 Å². The fourth-order valence-electron chi connectivity index (χ4n) is 3.61. The SMILES string of the molecule is CC.COc1ccc(NC(=O)C2(c3ccccc3C(C)C)CNC(=O)C2)c(OC(F)F)n1. The summed E-state index contributed by atoms with van der Waals surface area (Å²) in [4.78, 5) is 29.4. The lowest BCUT2D eigenvalue weighted by molar-refractivity contribution is -0.124. The number of carbonyl (C=O) groups excluding carboxylic acids is 2. The molecule has 0 spiro atoms. The summed E-state index contributed by atoms with van der Waals surface area (Å²) in [5, 5.41) is 5.35. The number of benzene rings is 1. The van der Waals surface area contributed by atoms with Crippen LogP contribution in [0.2, 0.25) is 0 Å². The first-order chi connectivity index (χ1) is 15.3. The minimum Gasteiger partial charge on any atom is -0.481 e. The van der Waals surface area contributed by atoms with E-state index in [4.69, 9.17) is 4.74 Å². The van der Waals surface area contributed by atoms with Gasteiger partial charge in [-0.1, -0.05) is 52.0 Å². The second-order valence-corrected chi connectivity index (χ2v) is 7.32. The van der Waals surface area contributed by atoms with Gasteiger partial charge in [0.1, 0.15) is 11.1 Å². The van der Waals surface area contributed by atoms with Crippen LogP contribution in [0.3, 0.4) is 0 Å². The molecule has 32 heavy (non-hydrogen) atoms. The molecule has 1 aromatic heterocycles. The van der Waals surface area contributed by atoms with E-state index < -0.39 is 23.8 Å². The van der Waals surface area contributed by atoms with Crippen LogP contribution in [0.1, 0.15) is 51.2 Å². The van der Waals surface area contributed by atoms with Gasteiger partial charge < -0.3 is 20.1 Å². The minimum absolute atomic E-state index is 0.0400. The Hall–Kier alpha value is -3.23. The third kappa shape index (κ3) is 5.33. The first-order valence-electron chi connectivity index (χ1n) is 10.4. The highest BCUT2D eigenvalue weighted by Gasteiger charge is 2.48. The maximum absolute atomic E-state index is 13.4. The number of nitrogens with one attached hydrogen (secondary N) is 2. The van der Waals surface area contributed by atoms with E-state index in [1.165, 1.54) is 19.2 Å². The van der Waals surface area contributed by atoms with Crippen LogP contribution in [0, 0.1) is 0 Å². The molecule has 9 heteroatoms. The van der Waals surface area contributed by atoms with Crippen LogP contribution in [-0.4, -0.2) is 37.1 Å². The van der Waals surface area contributed by atoms with Crippen molar-refractivity contribution < 1.29 is 27.8 Å². The molecule has 1 saturated heterocycles. The number of hydrogen-bond donors (Lipinski definition) is 2. The summed E-state index contributed by atoms with van der Waals surface area (Å²) in [7, 11) is 1.33. The largest absolute Gasteiger partial charge is 0.481 e. The number of carbonyl (C=O) groups is 2. The van der Waals surface area contributed by atoms with Crippen LogP contribution in [0.25, 0.3) is 0 Å². The van der Waals surface area contributed by atoms with Crippen molar-refractivity contribution in [2.75, 3.05) is 19.0 Å². The van der Waals surface area contributed by atoms with Crippen molar-refractivity contribution in [3.63, 3.8) is 0 Å². The monoisotopic (exact) mass is 449 g/mol. The zero-order valence-corrected chi connectivity index (χ0v) is 18.9. The molecule has 2 heterocycles. The molecule has 0 bridgehead atoms. The van der Waals surface area contributed by atoms with Crippen molar-refractivity contribution in [3.8, 4) is 11.8 Å². The lowest BCUT2D eigenvalue weighted by atomic mass is 9.74. The third-order valence-corrected chi connectivity index (χ3v) is 5.08. The number of amides is 2. The number of aromatic nitrogens is 1. The van der Waals surface area contributed by atoms with Crippen molar-refractivity contribution in [2.45, 2.75) is 52.1 Å². The molecule has 3 rings (SSSR count). The van der Waals surface area contributed by atoms with E-state index in [1.807, 2.05) is 45.9 Å². The van der Waals surface area contributed by atoms with Gasteiger partial charge in [-0.2, -0.15) is 13.8 Å². The molecule has 0 radical (unpaired) electrons. The normalized spacial score (nSPS) is 17.5. The molecular weight excluding hydrogens is 420 g/mol. The van der Waals surface area contributed by atoms with E-state index in [-0.39, 0.29) is 36.4 Å². The van der Waals surface area contributed by atoms with Crippen molar-refractivity contribution in [1.82, 2.24) is 10.3 Å². The number of nitrogens with zero attached hydrogens (tertiary/aromatic N) is 1. The topological polar surface area (TPSA) is 89.6 Å². The van der Waals surface area contributed by atoms with Gasteiger partial charge in [0.05, 0.1) is 7.11 Å². The van der Waals surface area contributed by atoms with Gasteiger partial charge in [0.15, 0.2) is 0 Å². The van der Waals surface area contributed by atoms with Gasteiger partial charge in [0.25, 0.3) is 0 Å². The summed E-state index contributed by atoms with van der Waals surface area (Å²) in [6.45, 7) is 4.95. The Kier molecular flexibility index (Phi) is 8.51. The molecule has 1 fully saturated rings. The second kappa shape index (κ2) is 10.9. The quantitative estimate of drug-likeness (QED) is 0.660. The smallest absolute Gasteiger partial charge is 0.388 e. The highest BCUT2D eigenvalue weighted by molar-refractivity contribution is 6.05. The van der Waals surface area contributed by atoms with Crippen molar-refractivity contribution in [3.05, 3.63) is 47.5 Å². The summed E-state index contributed by atoms with van der Waals surface area (Å²) < 4.78 is 35.1. The van der Waals surface area contributed by atoms with Crippen LogP contribution in [0.15, 0.2) is 36.4 Å². The van der Waals surface area contributed by atoms with E-state index in [1.54, 1.807) is 6.07 Å². The van der Waals surface area contributed by atoms with E-state index in [0.29, 0.717) is 5.56 Å². The molecule has 2 amide bonds. The molecule has 7 nitrogen and oxygen atoms in total. The first kappa shape index (κ1) is 25.0. The highest BCUT2D eigenvalue weighted by Crippen LogP contribution is 2.38. The van der Waals surface area contributed by atoms with Crippen LogP contribution in [-0.2, 0) is 15.0 Å². The first-order valence-corrected chi connectivity index (χ1v) is 10.4. The van der Waals surface area contributed by atoms with E-state index in [9.17, 15) is 18.4 Å². The molecule has 1 unspecified atom stereocenters. The number of hydrogen-bond acceptors (Lipinski definition) is 5. The summed E-state index contributed by atoms with van der Waals surface area (Å²) in [5.41, 5.74) is 0.413. The maximum atomic E-state index is 13.4. The second-order valence-electron chi connectivity index (χ2n) is 7.32. The van der Waals surface area contributed by atoms with Gasteiger partial charge in [0, 0.05) is 19.0 Å². The molecular formula is C23H29F2N3O4. The number of ether oxygens (including phenoxy) is 2. The Labute approximate surface area is 186 Å². The number of pyridine rings is 1.